The molecule has 3 rings (SSSR count). The number of rotatable bonds is 6. The summed E-state index contributed by atoms with van der Waals surface area (Å²) in [7, 11) is 0. The van der Waals surface area contributed by atoms with Gasteiger partial charge in [-0.2, -0.15) is 0 Å². The molecule has 0 unspecified atom stereocenters. The smallest absolute Gasteiger partial charge is 0.223 e. The summed E-state index contributed by atoms with van der Waals surface area (Å²) in [6, 6.07) is 1.79. The minimum Gasteiger partial charge on any atom is -0.343 e. The van der Waals surface area contributed by atoms with Gasteiger partial charge in [0.1, 0.15) is 5.82 Å². The van der Waals surface area contributed by atoms with Gasteiger partial charge in [0.05, 0.1) is 10.7 Å². The number of piperidine rings is 1. The molecule has 2 aromatic heterocycles. The van der Waals surface area contributed by atoms with Crippen molar-refractivity contribution < 1.29 is 4.79 Å². The molecule has 0 N–H and O–H groups in total. The summed E-state index contributed by atoms with van der Waals surface area (Å²) in [6.45, 7) is 3.87. The molecule has 3 heterocycles. The van der Waals surface area contributed by atoms with E-state index in [0.717, 1.165) is 44.6 Å². The summed E-state index contributed by atoms with van der Waals surface area (Å²) in [6.07, 6.45) is 8.80. The molecule has 0 spiro atoms. The van der Waals surface area contributed by atoms with Crippen LogP contribution in [0.2, 0.25) is 0 Å². The predicted octanol–water partition coefficient (Wildman–Crippen LogP) is 2.91. The monoisotopic (exact) mass is 344 g/mol. The molecule has 5 nitrogen and oxygen atoms in total. The van der Waals surface area contributed by atoms with Gasteiger partial charge in [0.25, 0.3) is 0 Å². The van der Waals surface area contributed by atoms with Gasteiger partial charge in [-0.05, 0) is 31.2 Å². The molecule has 1 aliphatic rings. The Hall–Kier alpha value is -1.82. The van der Waals surface area contributed by atoms with Gasteiger partial charge >= 0.3 is 0 Å². The predicted molar refractivity (Wildman–Crippen MR) is 94.9 cm³/mol. The van der Waals surface area contributed by atoms with Crippen molar-refractivity contribution in [3.63, 3.8) is 0 Å². The Balaban J connectivity index is 1.42. The molecule has 1 amide bonds. The van der Waals surface area contributed by atoms with Gasteiger partial charge in [0.2, 0.25) is 5.91 Å². The average molecular weight is 344 g/mol. The summed E-state index contributed by atoms with van der Waals surface area (Å²) >= 11 is 1.78. The number of nitrogens with zero attached hydrogens (tertiary/aromatic N) is 4. The second-order valence-electron chi connectivity index (χ2n) is 6.28. The molecule has 2 aromatic rings. The fraction of sp³-hybridized carbons (Fsp3) is 0.556. The zero-order chi connectivity index (χ0) is 16.8. The van der Waals surface area contributed by atoms with E-state index in [0.29, 0.717) is 18.8 Å². The van der Waals surface area contributed by atoms with Crippen LogP contribution in [0.1, 0.15) is 42.7 Å². The highest BCUT2D eigenvalue weighted by atomic mass is 32.1. The topological polar surface area (TPSA) is 59.0 Å². The van der Waals surface area contributed by atoms with Crippen LogP contribution < -0.4 is 0 Å². The summed E-state index contributed by atoms with van der Waals surface area (Å²) in [5, 5.41) is 3.41. The van der Waals surface area contributed by atoms with E-state index in [1.807, 2.05) is 4.90 Å². The van der Waals surface area contributed by atoms with E-state index in [4.69, 9.17) is 0 Å². The quantitative estimate of drug-likeness (QED) is 0.808. The normalized spacial score (nSPS) is 15.6. The third-order valence-electron chi connectivity index (χ3n) is 4.57. The van der Waals surface area contributed by atoms with E-state index in [2.05, 4.69) is 27.3 Å². The van der Waals surface area contributed by atoms with Crippen molar-refractivity contribution in [1.29, 1.82) is 0 Å². The van der Waals surface area contributed by atoms with Crippen LogP contribution in [0.4, 0.5) is 0 Å². The first-order valence-corrected chi connectivity index (χ1v) is 9.59. The molecule has 1 saturated heterocycles. The van der Waals surface area contributed by atoms with E-state index in [9.17, 15) is 4.79 Å². The number of amides is 1. The highest BCUT2D eigenvalue weighted by molar-refractivity contribution is 7.09. The average Bonchev–Trinajstić information content (AvgIpc) is 3.09. The Morgan fingerprint density at radius 3 is 2.71 bits per heavy atom. The van der Waals surface area contributed by atoms with E-state index in [-0.39, 0.29) is 5.91 Å². The van der Waals surface area contributed by atoms with Gasteiger partial charge in [-0.25, -0.2) is 15.0 Å². The summed E-state index contributed by atoms with van der Waals surface area (Å²) < 4.78 is 0. The van der Waals surface area contributed by atoms with Crippen molar-refractivity contribution in [2.45, 2.75) is 45.4 Å². The molecule has 1 fully saturated rings. The van der Waals surface area contributed by atoms with Crippen molar-refractivity contribution in [2.24, 2.45) is 5.92 Å². The Labute approximate surface area is 147 Å². The number of likely N-dealkylation sites (tertiary alicyclic amines) is 1. The SMILES string of the molecule is CCc1csc(CC2CCN(C(=O)CCc3ncccn3)CC2)n1. The highest BCUT2D eigenvalue weighted by Gasteiger charge is 2.23. The molecule has 24 heavy (non-hydrogen) atoms. The van der Waals surface area contributed by atoms with Crippen LogP contribution in [-0.2, 0) is 24.1 Å². The van der Waals surface area contributed by atoms with Crippen LogP contribution in [-0.4, -0.2) is 38.8 Å². The Kier molecular flexibility index (Phi) is 5.91. The van der Waals surface area contributed by atoms with Crippen LogP contribution in [0.3, 0.4) is 0 Å². The molecule has 0 atom stereocenters. The number of aromatic nitrogens is 3. The Morgan fingerprint density at radius 1 is 1.29 bits per heavy atom. The summed E-state index contributed by atoms with van der Waals surface area (Å²) in [5.41, 5.74) is 1.20. The van der Waals surface area contributed by atoms with Crippen molar-refractivity contribution >= 4 is 17.2 Å². The maximum atomic E-state index is 12.3. The standard InChI is InChI=1S/C18H24N4OS/c1-2-15-13-24-17(21-15)12-14-6-10-22(11-7-14)18(23)5-4-16-19-8-3-9-20-16/h3,8-9,13-14H,2,4-7,10-12H2,1H3. The van der Waals surface area contributed by atoms with Crippen LogP contribution in [0, 0.1) is 5.92 Å². The number of aryl methyl sites for hydroxylation is 2. The third kappa shape index (κ3) is 4.60. The zero-order valence-corrected chi connectivity index (χ0v) is 15.0. The van der Waals surface area contributed by atoms with E-state index in [1.165, 1.54) is 10.7 Å². The molecule has 0 radical (unpaired) electrons. The molecule has 0 saturated carbocycles. The lowest BCUT2D eigenvalue weighted by molar-refractivity contribution is -0.132. The lowest BCUT2D eigenvalue weighted by atomic mass is 9.93. The van der Waals surface area contributed by atoms with E-state index < -0.39 is 0 Å². The number of hydrogen-bond acceptors (Lipinski definition) is 5. The number of thiazole rings is 1. The number of carbonyl (C=O) groups excluding carboxylic acids is 1. The first-order chi connectivity index (χ1) is 11.7. The number of hydrogen-bond donors (Lipinski definition) is 0. The molecule has 0 aliphatic carbocycles. The Bertz CT molecular complexity index is 650. The van der Waals surface area contributed by atoms with Gasteiger partial charge in [-0.3, -0.25) is 4.79 Å². The molecule has 0 bridgehead atoms. The third-order valence-corrected chi connectivity index (χ3v) is 5.49. The molecule has 0 aromatic carbocycles. The van der Waals surface area contributed by atoms with Crippen LogP contribution in [0.25, 0.3) is 0 Å². The first kappa shape index (κ1) is 17.0. The molecule has 6 heteroatoms. The maximum absolute atomic E-state index is 12.3. The van der Waals surface area contributed by atoms with Gasteiger partial charge in [0.15, 0.2) is 0 Å². The van der Waals surface area contributed by atoms with Crippen molar-refractivity contribution in [2.75, 3.05) is 13.1 Å². The molecule has 128 valence electrons. The van der Waals surface area contributed by atoms with E-state index >= 15 is 0 Å². The molecular formula is C18H24N4OS. The van der Waals surface area contributed by atoms with Gasteiger partial charge in [-0.15, -0.1) is 11.3 Å². The Morgan fingerprint density at radius 2 is 2.04 bits per heavy atom. The molecule has 1 aliphatic heterocycles. The van der Waals surface area contributed by atoms with Crippen molar-refractivity contribution in [1.82, 2.24) is 19.9 Å². The van der Waals surface area contributed by atoms with Crippen LogP contribution >= 0.6 is 11.3 Å². The van der Waals surface area contributed by atoms with Crippen molar-refractivity contribution in [3.8, 4) is 0 Å². The first-order valence-electron chi connectivity index (χ1n) is 8.71. The second-order valence-corrected chi connectivity index (χ2v) is 7.22. The van der Waals surface area contributed by atoms with Gasteiger partial charge in [0, 0.05) is 50.1 Å². The van der Waals surface area contributed by atoms with E-state index in [1.54, 1.807) is 29.8 Å². The second kappa shape index (κ2) is 8.33. The minimum absolute atomic E-state index is 0.225. The summed E-state index contributed by atoms with van der Waals surface area (Å²) in [4.78, 5) is 27.4. The largest absolute Gasteiger partial charge is 0.343 e. The summed E-state index contributed by atoms with van der Waals surface area (Å²) in [5.74, 6) is 1.63. The zero-order valence-electron chi connectivity index (χ0n) is 14.1. The van der Waals surface area contributed by atoms with Gasteiger partial charge in [-0.1, -0.05) is 6.92 Å². The highest BCUT2D eigenvalue weighted by Crippen LogP contribution is 2.24. The molecular weight excluding hydrogens is 320 g/mol. The van der Waals surface area contributed by atoms with Crippen molar-refractivity contribution in [3.05, 3.63) is 40.4 Å². The van der Waals surface area contributed by atoms with Crippen LogP contribution in [0.5, 0.6) is 0 Å². The lowest BCUT2D eigenvalue weighted by Gasteiger charge is -2.31. The minimum atomic E-state index is 0.225. The fourth-order valence-electron chi connectivity index (χ4n) is 3.07. The number of carbonyl (C=O) groups is 1. The lowest BCUT2D eigenvalue weighted by Crippen LogP contribution is -2.39. The fourth-order valence-corrected chi connectivity index (χ4v) is 4.07. The maximum Gasteiger partial charge on any atom is 0.223 e. The van der Waals surface area contributed by atoms with Gasteiger partial charge < -0.3 is 4.90 Å². The van der Waals surface area contributed by atoms with Crippen LogP contribution in [0.15, 0.2) is 23.8 Å².